The molecule has 0 saturated carbocycles. The minimum absolute atomic E-state index is 0.0422. The van der Waals surface area contributed by atoms with Gasteiger partial charge in [-0.05, 0) is 24.2 Å². The van der Waals surface area contributed by atoms with Crippen LogP contribution in [0.2, 0.25) is 5.02 Å². The van der Waals surface area contributed by atoms with E-state index in [1.165, 1.54) is 12.1 Å². The Hall–Kier alpha value is -1.40. The fraction of sp³-hybridized carbons (Fsp3) is 0.429. The molecule has 0 atom stereocenters. The van der Waals surface area contributed by atoms with Crippen molar-refractivity contribution in [2.24, 2.45) is 5.92 Å². The molecule has 0 aliphatic rings. The summed E-state index contributed by atoms with van der Waals surface area (Å²) in [7, 11) is 0. The number of nitrogens with one attached hydrogen (secondary N) is 2. The number of aryl methyl sites for hydroxylation is 1. The Labute approximate surface area is 132 Å². The highest BCUT2D eigenvalue weighted by atomic mass is 35.5. The smallest absolute Gasteiger partial charge is 0.221 e. The molecule has 1 heterocycles. The zero-order valence-electron chi connectivity index (χ0n) is 11.9. The molecule has 7 heteroatoms. The predicted molar refractivity (Wildman–Crippen MR) is 84.6 cm³/mol. The lowest BCUT2D eigenvalue weighted by atomic mass is 10.2. The number of aromatic nitrogens is 2. The highest BCUT2D eigenvalue weighted by Gasteiger charge is 2.10. The largest absolute Gasteiger partial charge is 0.356 e. The highest BCUT2D eigenvalue weighted by Crippen LogP contribution is 2.22. The van der Waals surface area contributed by atoms with E-state index in [0.717, 1.165) is 0 Å². The number of halogens is 2. The molecule has 21 heavy (non-hydrogen) atoms. The van der Waals surface area contributed by atoms with Crippen molar-refractivity contribution in [3.8, 4) is 0 Å². The third kappa shape index (κ3) is 3.83. The van der Waals surface area contributed by atoms with E-state index in [1.807, 2.05) is 13.8 Å². The Morgan fingerprint density at radius 3 is 2.90 bits per heavy atom. The minimum atomic E-state index is -0.504. The van der Waals surface area contributed by atoms with Crippen molar-refractivity contribution >= 4 is 40.8 Å². The van der Waals surface area contributed by atoms with Gasteiger partial charge < -0.3 is 14.9 Å². The minimum Gasteiger partial charge on any atom is -0.356 e. The first kappa shape index (κ1) is 16.0. The van der Waals surface area contributed by atoms with Crippen LogP contribution < -0.4 is 5.32 Å². The van der Waals surface area contributed by atoms with Gasteiger partial charge in [-0.2, -0.15) is 0 Å². The van der Waals surface area contributed by atoms with Gasteiger partial charge in [0.05, 0.1) is 16.1 Å². The molecule has 2 N–H and O–H groups in total. The number of carbonyl (C=O) groups is 1. The van der Waals surface area contributed by atoms with E-state index in [4.69, 9.17) is 23.8 Å². The summed E-state index contributed by atoms with van der Waals surface area (Å²) in [5.74, 6) is -0.147. The SMILES string of the molecule is CC(C)CNC(=O)CCn1c(=S)[nH]c2cc(Cl)c(F)cc21. The molecule has 0 radical (unpaired) electrons. The quantitative estimate of drug-likeness (QED) is 0.823. The van der Waals surface area contributed by atoms with Gasteiger partial charge in [-0.15, -0.1) is 0 Å². The molecule has 2 aromatic rings. The number of aromatic amines is 1. The van der Waals surface area contributed by atoms with Gasteiger partial charge in [0, 0.05) is 25.6 Å². The normalized spacial score (nSPS) is 11.3. The van der Waals surface area contributed by atoms with Crippen LogP contribution in [0.15, 0.2) is 12.1 Å². The van der Waals surface area contributed by atoms with E-state index in [2.05, 4.69) is 10.3 Å². The van der Waals surface area contributed by atoms with Crippen molar-refractivity contribution in [1.82, 2.24) is 14.9 Å². The van der Waals surface area contributed by atoms with Crippen LogP contribution in [-0.4, -0.2) is 22.0 Å². The summed E-state index contributed by atoms with van der Waals surface area (Å²) in [6, 6.07) is 2.83. The van der Waals surface area contributed by atoms with Crippen LogP contribution in [0.5, 0.6) is 0 Å². The number of nitrogens with zero attached hydrogens (tertiary/aromatic N) is 1. The van der Waals surface area contributed by atoms with Crippen molar-refractivity contribution in [2.45, 2.75) is 26.8 Å². The number of rotatable bonds is 5. The van der Waals surface area contributed by atoms with Crippen LogP contribution >= 0.6 is 23.8 Å². The number of carbonyl (C=O) groups excluding carboxylic acids is 1. The van der Waals surface area contributed by atoms with Crippen molar-refractivity contribution in [3.05, 3.63) is 27.7 Å². The van der Waals surface area contributed by atoms with Crippen LogP contribution in [0, 0.1) is 16.5 Å². The van der Waals surface area contributed by atoms with E-state index in [9.17, 15) is 9.18 Å². The van der Waals surface area contributed by atoms with Crippen LogP contribution in [0.1, 0.15) is 20.3 Å². The van der Waals surface area contributed by atoms with Gasteiger partial charge in [0.25, 0.3) is 0 Å². The number of imidazole rings is 1. The Kier molecular flexibility index (Phi) is 5.00. The standard InChI is InChI=1S/C14H17ClFN3OS/c1-8(2)7-17-13(20)3-4-19-12-6-10(16)9(15)5-11(12)18-14(19)21/h5-6,8H,3-4,7H2,1-2H3,(H,17,20)(H,18,21). The van der Waals surface area contributed by atoms with Crippen molar-refractivity contribution < 1.29 is 9.18 Å². The summed E-state index contributed by atoms with van der Waals surface area (Å²) in [5.41, 5.74) is 1.27. The first-order chi connectivity index (χ1) is 9.88. The maximum absolute atomic E-state index is 13.6. The van der Waals surface area contributed by atoms with Crippen molar-refractivity contribution in [2.75, 3.05) is 6.54 Å². The molecule has 0 aliphatic carbocycles. The summed E-state index contributed by atoms with van der Waals surface area (Å²) in [6.07, 6.45) is 0.290. The van der Waals surface area contributed by atoms with Crippen molar-refractivity contribution in [1.29, 1.82) is 0 Å². The second kappa shape index (κ2) is 6.58. The van der Waals surface area contributed by atoms with Gasteiger partial charge in [0.2, 0.25) is 5.91 Å². The molecular weight excluding hydrogens is 313 g/mol. The summed E-state index contributed by atoms with van der Waals surface area (Å²) in [4.78, 5) is 14.7. The third-order valence-corrected chi connectivity index (χ3v) is 3.70. The molecule has 0 fully saturated rings. The number of benzene rings is 1. The molecule has 1 aromatic heterocycles. The van der Waals surface area contributed by atoms with Gasteiger partial charge in [-0.25, -0.2) is 4.39 Å². The van der Waals surface area contributed by atoms with E-state index < -0.39 is 5.82 Å². The summed E-state index contributed by atoms with van der Waals surface area (Å²) < 4.78 is 15.7. The Morgan fingerprint density at radius 2 is 2.24 bits per heavy atom. The molecule has 4 nitrogen and oxygen atoms in total. The summed E-state index contributed by atoms with van der Waals surface area (Å²) in [5, 5.41) is 2.88. The number of hydrogen-bond donors (Lipinski definition) is 2. The van der Waals surface area contributed by atoms with Gasteiger partial charge in [-0.1, -0.05) is 25.4 Å². The maximum atomic E-state index is 13.6. The van der Waals surface area contributed by atoms with Gasteiger partial charge in [0.15, 0.2) is 4.77 Å². The average molecular weight is 330 g/mol. The molecule has 0 unspecified atom stereocenters. The number of amides is 1. The Balaban J connectivity index is 2.15. The molecule has 0 spiro atoms. The average Bonchev–Trinajstić information content (AvgIpc) is 2.70. The van der Waals surface area contributed by atoms with Crippen LogP contribution in [0.25, 0.3) is 11.0 Å². The van der Waals surface area contributed by atoms with E-state index in [0.29, 0.717) is 34.8 Å². The first-order valence-corrected chi connectivity index (χ1v) is 7.51. The fourth-order valence-corrected chi connectivity index (χ4v) is 2.46. The molecule has 114 valence electrons. The van der Waals surface area contributed by atoms with Crippen molar-refractivity contribution in [3.63, 3.8) is 0 Å². The first-order valence-electron chi connectivity index (χ1n) is 6.72. The van der Waals surface area contributed by atoms with Crippen LogP contribution in [0.4, 0.5) is 4.39 Å². The second-order valence-electron chi connectivity index (χ2n) is 5.31. The highest BCUT2D eigenvalue weighted by molar-refractivity contribution is 7.71. The summed E-state index contributed by atoms with van der Waals surface area (Å²) in [6.45, 7) is 5.09. The molecule has 0 saturated heterocycles. The van der Waals surface area contributed by atoms with E-state index in [-0.39, 0.29) is 17.4 Å². The molecular formula is C14H17ClFN3OS. The van der Waals surface area contributed by atoms with Gasteiger partial charge in [0.1, 0.15) is 5.82 Å². The topological polar surface area (TPSA) is 49.8 Å². The molecule has 1 amide bonds. The lowest BCUT2D eigenvalue weighted by Crippen LogP contribution is -2.28. The third-order valence-electron chi connectivity index (χ3n) is 3.09. The zero-order chi connectivity index (χ0) is 15.6. The number of fused-ring (bicyclic) bond motifs is 1. The van der Waals surface area contributed by atoms with Gasteiger partial charge >= 0.3 is 0 Å². The fourth-order valence-electron chi connectivity index (χ4n) is 1.99. The van der Waals surface area contributed by atoms with Crippen LogP contribution in [0.3, 0.4) is 0 Å². The zero-order valence-corrected chi connectivity index (χ0v) is 13.4. The van der Waals surface area contributed by atoms with Crippen LogP contribution in [-0.2, 0) is 11.3 Å². The Morgan fingerprint density at radius 1 is 1.52 bits per heavy atom. The maximum Gasteiger partial charge on any atom is 0.221 e. The number of H-pyrrole nitrogens is 1. The monoisotopic (exact) mass is 329 g/mol. The lowest BCUT2D eigenvalue weighted by Gasteiger charge is -2.08. The second-order valence-corrected chi connectivity index (χ2v) is 6.11. The molecule has 0 aliphatic heterocycles. The predicted octanol–water partition coefficient (Wildman–Crippen LogP) is 3.65. The molecule has 0 bridgehead atoms. The lowest BCUT2D eigenvalue weighted by molar-refractivity contribution is -0.121. The van der Waals surface area contributed by atoms with Gasteiger partial charge in [-0.3, -0.25) is 4.79 Å². The molecule has 1 aromatic carbocycles. The Bertz CT molecular complexity index is 723. The number of hydrogen-bond acceptors (Lipinski definition) is 2. The van der Waals surface area contributed by atoms with E-state index in [1.54, 1.807) is 4.57 Å². The molecule has 2 rings (SSSR count). The van der Waals surface area contributed by atoms with E-state index >= 15 is 0 Å². The summed E-state index contributed by atoms with van der Waals surface area (Å²) >= 11 is 11.0.